The van der Waals surface area contributed by atoms with Gasteiger partial charge in [0.05, 0.1) is 0 Å². The highest BCUT2D eigenvalue weighted by molar-refractivity contribution is 5.32. The van der Waals surface area contributed by atoms with Crippen molar-refractivity contribution < 1.29 is 0 Å². The fraction of sp³-hybridized carbons (Fsp3) is 0.647. The van der Waals surface area contributed by atoms with Crippen molar-refractivity contribution in [3.8, 4) is 0 Å². The Morgan fingerprint density at radius 2 is 2.06 bits per heavy atom. The highest BCUT2D eigenvalue weighted by Gasteiger charge is 2.27. The highest BCUT2D eigenvalue weighted by atomic mass is 15.0. The molecule has 2 rings (SSSR count). The first kappa shape index (κ1) is 13.6. The lowest BCUT2D eigenvalue weighted by molar-refractivity contribution is 0.360. The Morgan fingerprint density at radius 3 is 2.72 bits per heavy atom. The Kier molecular flexibility index (Phi) is 4.45. The zero-order valence-corrected chi connectivity index (χ0v) is 12.3. The molecule has 100 valence electrons. The molecule has 0 radical (unpaired) electrons. The highest BCUT2D eigenvalue weighted by Crippen LogP contribution is 2.30. The standard InChI is InChI=1S/C17H27N/c1-5-15-7-6-8-17(15)18-14(4)16-10-9-12(2)11-13(16)3/h9-11,14-15,17-18H,5-8H2,1-4H3. The maximum Gasteiger partial charge on any atom is 0.0297 e. The number of hydrogen-bond acceptors (Lipinski definition) is 1. The number of hydrogen-bond donors (Lipinski definition) is 1. The first-order valence-corrected chi connectivity index (χ1v) is 7.45. The summed E-state index contributed by atoms with van der Waals surface area (Å²) in [6.45, 7) is 9.03. The Labute approximate surface area is 112 Å². The van der Waals surface area contributed by atoms with Crippen molar-refractivity contribution in [2.75, 3.05) is 0 Å². The molecule has 0 aliphatic heterocycles. The second-order valence-corrected chi connectivity index (χ2v) is 5.95. The third-order valence-electron chi connectivity index (χ3n) is 4.54. The van der Waals surface area contributed by atoms with Gasteiger partial charge in [0, 0.05) is 12.1 Å². The zero-order chi connectivity index (χ0) is 13.1. The van der Waals surface area contributed by atoms with Crippen LogP contribution in [-0.2, 0) is 0 Å². The van der Waals surface area contributed by atoms with E-state index in [1.807, 2.05) is 0 Å². The normalized spacial score (nSPS) is 25.3. The Bertz CT molecular complexity index is 397. The summed E-state index contributed by atoms with van der Waals surface area (Å²) in [4.78, 5) is 0. The van der Waals surface area contributed by atoms with Gasteiger partial charge in [0.15, 0.2) is 0 Å². The molecule has 1 nitrogen and oxygen atoms in total. The second-order valence-electron chi connectivity index (χ2n) is 5.95. The van der Waals surface area contributed by atoms with E-state index in [1.54, 1.807) is 0 Å². The van der Waals surface area contributed by atoms with Crippen LogP contribution in [-0.4, -0.2) is 6.04 Å². The van der Waals surface area contributed by atoms with Crippen LogP contribution in [0, 0.1) is 19.8 Å². The van der Waals surface area contributed by atoms with Gasteiger partial charge in [-0.25, -0.2) is 0 Å². The minimum Gasteiger partial charge on any atom is -0.307 e. The summed E-state index contributed by atoms with van der Waals surface area (Å²) in [7, 11) is 0. The second kappa shape index (κ2) is 5.88. The van der Waals surface area contributed by atoms with Gasteiger partial charge in [0.25, 0.3) is 0 Å². The number of nitrogens with one attached hydrogen (secondary N) is 1. The molecule has 1 fully saturated rings. The van der Waals surface area contributed by atoms with Crippen molar-refractivity contribution in [2.45, 2.75) is 65.5 Å². The summed E-state index contributed by atoms with van der Waals surface area (Å²) in [6.07, 6.45) is 5.48. The molecule has 0 saturated heterocycles. The van der Waals surface area contributed by atoms with Crippen molar-refractivity contribution in [1.29, 1.82) is 0 Å². The van der Waals surface area contributed by atoms with E-state index in [1.165, 1.54) is 42.4 Å². The lowest BCUT2D eigenvalue weighted by atomic mass is 9.96. The fourth-order valence-electron chi connectivity index (χ4n) is 3.47. The average Bonchev–Trinajstić information content (AvgIpc) is 2.76. The molecule has 18 heavy (non-hydrogen) atoms. The molecule has 0 bridgehead atoms. The monoisotopic (exact) mass is 245 g/mol. The maximum atomic E-state index is 3.86. The van der Waals surface area contributed by atoms with Gasteiger partial charge in [-0.15, -0.1) is 0 Å². The minimum absolute atomic E-state index is 0.475. The molecule has 1 aliphatic carbocycles. The summed E-state index contributed by atoms with van der Waals surface area (Å²) in [6, 6.07) is 8.01. The van der Waals surface area contributed by atoms with Crippen LogP contribution in [0.15, 0.2) is 18.2 Å². The molecule has 0 aromatic heterocycles. The van der Waals surface area contributed by atoms with E-state index in [4.69, 9.17) is 0 Å². The van der Waals surface area contributed by atoms with E-state index in [9.17, 15) is 0 Å². The van der Waals surface area contributed by atoms with Crippen LogP contribution in [0.4, 0.5) is 0 Å². The Hall–Kier alpha value is -0.820. The smallest absolute Gasteiger partial charge is 0.0297 e. The van der Waals surface area contributed by atoms with Gasteiger partial charge in [0.1, 0.15) is 0 Å². The van der Waals surface area contributed by atoms with Crippen molar-refractivity contribution in [2.24, 2.45) is 5.92 Å². The van der Waals surface area contributed by atoms with Crippen molar-refractivity contribution in [1.82, 2.24) is 5.32 Å². The van der Waals surface area contributed by atoms with Crippen LogP contribution in [0.25, 0.3) is 0 Å². The van der Waals surface area contributed by atoms with Gasteiger partial charge in [0.2, 0.25) is 0 Å². The van der Waals surface area contributed by atoms with E-state index in [0.29, 0.717) is 6.04 Å². The lowest BCUT2D eigenvalue weighted by Crippen LogP contribution is -2.34. The third-order valence-corrected chi connectivity index (χ3v) is 4.54. The molecule has 1 heteroatoms. The quantitative estimate of drug-likeness (QED) is 0.821. The van der Waals surface area contributed by atoms with E-state index in [-0.39, 0.29) is 0 Å². The topological polar surface area (TPSA) is 12.0 Å². The largest absolute Gasteiger partial charge is 0.307 e. The molecular formula is C17H27N. The van der Waals surface area contributed by atoms with Gasteiger partial charge in [-0.05, 0) is 50.7 Å². The van der Waals surface area contributed by atoms with Gasteiger partial charge in [-0.3, -0.25) is 0 Å². The molecule has 0 heterocycles. The first-order chi connectivity index (χ1) is 8.61. The summed E-state index contributed by atoms with van der Waals surface area (Å²) < 4.78 is 0. The molecule has 0 amide bonds. The summed E-state index contributed by atoms with van der Waals surface area (Å²) in [5.74, 6) is 0.887. The molecule has 1 aliphatic rings. The summed E-state index contributed by atoms with van der Waals surface area (Å²) in [5.41, 5.74) is 4.24. The number of benzene rings is 1. The average molecular weight is 245 g/mol. The minimum atomic E-state index is 0.475. The van der Waals surface area contributed by atoms with Crippen LogP contribution >= 0.6 is 0 Å². The van der Waals surface area contributed by atoms with Crippen LogP contribution in [0.1, 0.15) is 62.3 Å². The molecule has 1 aromatic rings. The summed E-state index contributed by atoms with van der Waals surface area (Å²) in [5, 5.41) is 3.86. The Morgan fingerprint density at radius 1 is 1.28 bits per heavy atom. The molecule has 3 atom stereocenters. The molecule has 1 aromatic carbocycles. The van der Waals surface area contributed by atoms with Crippen molar-refractivity contribution in [3.63, 3.8) is 0 Å². The van der Waals surface area contributed by atoms with Crippen LogP contribution < -0.4 is 5.32 Å². The first-order valence-electron chi connectivity index (χ1n) is 7.45. The van der Waals surface area contributed by atoms with Crippen molar-refractivity contribution in [3.05, 3.63) is 34.9 Å². The predicted molar refractivity (Wildman–Crippen MR) is 78.9 cm³/mol. The third kappa shape index (κ3) is 2.95. The van der Waals surface area contributed by atoms with Crippen LogP contribution in [0.3, 0.4) is 0 Å². The molecule has 1 saturated carbocycles. The molecule has 1 N–H and O–H groups in total. The Balaban J connectivity index is 2.05. The SMILES string of the molecule is CCC1CCCC1NC(C)c1ccc(C)cc1C. The number of rotatable bonds is 4. The van der Waals surface area contributed by atoms with Crippen LogP contribution in [0.5, 0.6) is 0 Å². The molecule has 0 spiro atoms. The van der Waals surface area contributed by atoms with Gasteiger partial charge < -0.3 is 5.32 Å². The number of aryl methyl sites for hydroxylation is 2. The van der Waals surface area contributed by atoms with Crippen LogP contribution in [0.2, 0.25) is 0 Å². The summed E-state index contributed by atoms with van der Waals surface area (Å²) >= 11 is 0. The predicted octanol–water partition coefficient (Wildman–Crippen LogP) is 4.53. The van der Waals surface area contributed by atoms with Gasteiger partial charge >= 0.3 is 0 Å². The lowest BCUT2D eigenvalue weighted by Gasteiger charge is -2.25. The van der Waals surface area contributed by atoms with E-state index in [0.717, 1.165) is 12.0 Å². The molecular weight excluding hydrogens is 218 g/mol. The van der Waals surface area contributed by atoms with Crippen molar-refractivity contribution >= 4 is 0 Å². The van der Waals surface area contributed by atoms with Gasteiger partial charge in [-0.1, -0.05) is 43.5 Å². The fourth-order valence-corrected chi connectivity index (χ4v) is 3.47. The maximum absolute atomic E-state index is 3.86. The molecule has 3 unspecified atom stereocenters. The van der Waals surface area contributed by atoms with E-state index in [2.05, 4.69) is 51.2 Å². The van der Waals surface area contributed by atoms with Gasteiger partial charge in [-0.2, -0.15) is 0 Å². The van der Waals surface area contributed by atoms with E-state index >= 15 is 0 Å². The van der Waals surface area contributed by atoms with E-state index < -0.39 is 0 Å². The zero-order valence-electron chi connectivity index (χ0n) is 12.3.